The van der Waals surface area contributed by atoms with Gasteiger partial charge in [0.2, 0.25) is 10.0 Å². The van der Waals surface area contributed by atoms with Crippen LogP contribution in [-0.4, -0.2) is 39.0 Å². The first-order chi connectivity index (χ1) is 9.48. The number of piperidine rings is 1. The summed E-state index contributed by atoms with van der Waals surface area (Å²) in [5, 5.41) is 0. The predicted molar refractivity (Wildman–Crippen MR) is 81.7 cm³/mol. The minimum atomic E-state index is -3.28. The molecule has 5 nitrogen and oxygen atoms in total. The molecule has 1 aliphatic heterocycles. The SMILES string of the molecule is CCN1CCC(NS(=O)(=O)Cc2ccc(N)cc2)CC1. The van der Waals surface area contributed by atoms with Crippen molar-refractivity contribution < 1.29 is 8.42 Å². The lowest BCUT2D eigenvalue weighted by molar-refractivity contribution is 0.217. The van der Waals surface area contributed by atoms with E-state index in [1.807, 2.05) is 0 Å². The van der Waals surface area contributed by atoms with Crippen molar-refractivity contribution >= 4 is 15.7 Å². The van der Waals surface area contributed by atoms with Gasteiger partial charge in [-0.3, -0.25) is 0 Å². The maximum absolute atomic E-state index is 12.1. The van der Waals surface area contributed by atoms with Crippen LogP contribution in [0.25, 0.3) is 0 Å². The fourth-order valence-corrected chi connectivity index (χ4v) is 3.95. The van der Waals surface area contributed by atoms with Gasteiger partial charge >= 0.3 is 0 Å². The van der Waals surface area contributed by atoms with Crippen molar-refractivity contribution in [1.82, 2.24) is 9.62 Å². The van der Waals surface area contributed by atoms with Crippen LogP contribution in [0.15, 0.2) is 24.3 Å². The Kier molecular flexibility index (Phi) is 5.01. The van der Waals surface area contributed by atoms with E-state index in [1.54, 1.807) is 24.3 Å². The fraction of sp³-hybridized carbons (Fsp3) is 0.571. The molecule has 112 valence electrons. The highest BCUT2D eigenvalue weighted by molar-refractivity contribution is 7.88. The van der Waals surface area contributed by atoms with E-state index in [2.05, 4.69) is 16.5 Å². The van der Waals surface area contributed by atoms with Crippen molar-refractivity contribution in [3.05, 3.63) is 29.8 Å². The quantitative estimate of drug-likeness (QED) is 0.800. The van der Waals surface area contributed by atoms with E-state index in [4.69, 9.17) is 5.73 Å². The average molecular weight is 297 g/mol. The molecule has 1 fully saturated rings. The third-order valence-corrected chi connectivity index (χ3v) is 5.12. The number of likely N-dealkylation sites (tertiary alicyclic amines) is 1. The van der Waals surface area contributed by atoms with Gasteiger partial charge in [-0.05, 0) is 50.2 Å². The van der Waals surface area contributed by atoms with E-state index in [9.17, 15) is 8.42 Å². The Bertz CT molecular complexity index is 520. The van der Waals surface area contributed by atoms with E-state index in [0.29, 0.717) is 5.69 Å². The van der Waals surface area contributed by atoms with Gasteiger partial charge in [0, 0.05) is 11.7 Å². The number of rotatable bonds is 5. The van der Waals surface area contributed by atoms with Gasteiger partial charge in [-0.2, -0.15) is 0 Å². The van der Waals surface area contributed by atoms with Gasteiger partial charge in [0.25, 0.3) is 0 Å². The molecular weight excluding hydrogens is 274 g/mol. The number of benzene rings is 1. The zero-order valence-corrected chi connectivity index (χ0v) is 12.7. The molecule has 0 spiro atoms. The van der Waals surface area contributed by atoms with Crippen molar-refractivity contribution in [3.63, 3.8) is 0 Å². The lowest BCUT2D eigenvalue weighted by Gasteiger charge is -2.31. The second kappa shape index (κ2) is 6.56. The van der Waals surface area contributed by atoms with E-state index in [1.165, 1.54) is 0 Å². The highest BCUT2D eigenvalue weighted by Gasteiger charge is 2.22. The van der Waals surface area contributed by atoms with Crippen LogP contribution in [0.1, 0.15) is 25.3 Å². The number of nitrogens with one attached hydrogen (secondary N) is 1. The molecule has 0 amide bonds. The molecule has 0 aliphatic carbocycles. The summed E-state index contributed by atoms with van der Waals surface area (Å²) in [6.45, 7) is 5.09. The van der Waals surface area contributed by atoms with Crippen LogP contribution in [-0.2, 0) is 15.8 Å². The molecule has 1 aromatic rings. The third-order valence-electron chi connectivity index (χ3n) is 3.72. The van der Waals surface area contributed by atoms with Gasteiger partial charge in [-0.15, -0.1) is 0 Å². The first kappa shape index (κ1) is 15.3. The Labute approximate surface area is 121 Å². The first-order valence-corrected chi connectivity index (χ1v) is 8.70. The lowest BCUT2D eigenvalue weighted by atomic mass is 10.1. The van der Waals surface area contributed by atoms with Gasteiger partial charge in [-0.25, -0.2) is 13.1 Å². The number of hydrogen-bond acceptors (Lipinski definition) is 4. The van der Waals surface area contributed by atoms with E-state index >= 15 is 0 Å². The number of sulfonamides is 1. The zero-order chi connectivity index (χ0) is 14.6. The molecule has 20 heavy (non-hydrogen) atoms. The fourth-order valence-electron chi connectivity index (χ4n) is 2.50. The van der Waals surface area contributed by atoms with Crippen LogP contribution in [0.2, 0.25) is 0 Å². The van der Waals surface area contributed by atoms with Crippen molar-refractivity contribution in [3.8, 4) is 0 Å². The molecule has 2 rings (SSSR count). The minimum Gasteiger partial charge on any atom is -0.399 e. The van der Waals surface area contributed by atoms with Gasteiger partial charge in [0.05, 0.1) is 5.75 Å². The van der Waals surface area contributed by atoms with Crippen LogP contribution in [0.4, 0.5) is 5.69 Å². The summed E-state index contributed by atoms with van der Waals surface area (Å²) in [6, 6.07) is 7.04. The summed E-state index contributed by atoms with van der Waals surface area (Å²) >= 11 is 0. The third kappa shape index (κ3) is 4.47. The Morgan fingerprint density at radius 1 is 1.25 bits per heavy atom. The Balaban J connectivity index is 1.89. The normalized spacial score (nSPS) is 18.2. The van der Waals surface area contributed by atoms with Crippen LogP contribution in [0, 0.1) is 0 Å². The van der Waals surface area contributed by atoms with E-state index in [-0.39, 0.29) is 11.8 Å². The number of nitrogens with two attached hydrogens (primary N) is 1. The molecule has 0 atom stereocenters. The zero-order valence-electron chi connectivity index (χ0n) is 11.9. The van der Waals surface area contributed by atoms with Crippen LogP contribution < -0.4 is 10.5 Å². The largest absolute Gasteiger partial charge is 0.399 e. The summed E-state index contributed by atoms with van der Waals surface area (Å²) in [4.78, 5) is 2.34. The second-order valence-corrected chi connectivity index (χ2v) is 7.08. The lowest BCUT2D eigenvalue weighted by Crippen LogP contribution is -2.44. The molecule has 0 bridgehead atoms. The molecule has 0 radical (unpaired) electrons. The van der Waals surface area contributed by atoms with Crippen molar-refractivity contribution in [1.29, 1.82) is 0 Å². The Morgan fingerprint density at radius 2 is 1.85 bits per heavy atom. The molecule has 0 saturated carbocycles. The standard InChI is InChI=1S/C14H23N3O2S/c1-2-17-9-7-14(8-10-17)16-20(18,19)11-12-3-5-13(15)6-4-12/h3-6,14,16H,2,7-11,15H2,1H3. The number of nitrogen functional groups attached to an aromatic ring is 1. The van der Waals surface area contributed by atoms with E-state index in [0.717, 1.165) is 38.0 Å². The highest BCUT2D eigenvalue weighted by Crippen LogP contribution is 2.13. The summed E-state index contributed by atoms with van der Waals surface area (Å²) in [6.07, 6.45) is 1.77. The molecule has 0 aromatic heterocycles. The molecule has 1 aromatic carbocycles. The summed E-state index contributed by atoms with van der Waals surface area (Å²) in [5.74, 6) is 0.0152. The topological polar surface area (TPSA) is 75.4 Å². The monoisotopic (exact) mass is 297 g/mol. The van der Waals surface area contributed by atoms with Gasteiger partial charge in [0.1, 0.15) is 0 Å². The number of hydrogen-bond donors (Lipinski definition) is 2. The summed E-state index contributed by atoms with van der Waals surface area (Å²) < 4.78 is 27.1. The summed E-state index contributed by atoms with van der Waals surface area (Å²) in [5.41, 5.74) is 7.00. The molecule has 1 aliphatic rings. The van der Waals surface area contributed by atoms with Gasteiger partial charge in [-0.1, -0.05) is 19.1 Å². The molecule has 1 saturated heterocycles. The maximum atomic E-state index is 12.1. The first-order valence-electron chi connectivity index (χ1n) is 7.05. The number of anilines is 1. The van der Waals surface area contributed by atoms with Crippen LogP contribution >= 0.6 is 0 Å². The van der Waals surface area contributed by atoms with Crippen molar-refractivity contribution in [2.75, 3.05) is 25.4 Å². The smallest absolute Gasteiger partial charge is 0.216 e. The molecule has 0 unspecified atom stereocenters. The van der Waals surface area contributed by atoms with Gasteiger partial charge in [0.15, 0.2) is 0 Å². The van der Waals surface area contributed by atoms with Crippen LogP contribution in [0.3, 0.4) is 0 Å². The van der Waals surface area contributed by atoms with Crippen molar-refractivity contribution in [2.24, 2.45) is 0 Å². The molecular formula is C14H23N3O2S. The molecule has 6 heteroatoms. The average Bonchev–Trinajstić information content (AvgIpc) is 2.41. The Morgan fingerprint density at radius 3 is 2.40 bits per heavy atom. The minimum absolute atomic E-state index is 0.0152. The van der Waals surface area contributed by atoms with Crippen LogP contribution in [0.5, 0.6) is 0 Å². The highest BCUT2D eigenvalue weighted by atomic mass is 32.2. The molecule has 1 heterocycles. The van der Waals surface area contributed by atoms with E-state index < -0.39 is 10.0 Å². The Hall–Kier alpha value is -1.11. The van der Waals surface area contributed by atoms with Gasteiger partial charge < -0.3 is 10.6 Å². The second-order valence-electron chi connectivity index (χ2n) is 5.33. The maximum Gasteiger partial charge on any atom is 0.216 e. The predicted octanol–water partition coefficient (Wildman–Crippen LogP) is 1.17. The summed E-state index contributed by atoms with van der Waals surface area (Å²) in [7, 11) is -3.28. The van der Waals surface area contributed by atoms with Crippen molar-refractivity contribution in [2.45, 2.75) is 31.6 Å². The number of nitrogens with zero attached hydrogens (tertiary/aromatic N) is 1. The molecule has 3 N–H and O–H groups in total.